The summed E-state index contributed by atoms with van der Waals surface area (Å²) < 4.78 is 5.15. The molecule has 2 nitrogen and oxygen atoms in total. The molecule has 0 bridgehead atoms. The van der Waals surface area contributed by atoms with Crippen molar-refractivity contribution in [2.75, 3.05) is 13.2 Å². The fraction of sp³-hybridized carbons (Fsp3) is 0.900. The number of carbonyl (C=O) groups is 1. The molecule has 1 saturated carbocycles. The van der Waals surface area contributed by atoms with Gasteiger partial charge in [-0.05, 0) is 18.8 Å². The minimum Gasteiger partial charge on any atom is -0.379 e. The first-order chi connectivity index (χ1) is 5.87. The Hall–Kier alpha value is -0.370. The van der Waals surface area contributed by atoms with E-state index in [2.05, 4.69) is 0 Å². The minimum atomic E-state index is -0.0690. The smallest absolute Gasteiger partial charge is 0.131 e. The average molecular weight is 168 g/mol. The number of hydrogen-bond donors (Lipinski definition) is 0. The van der Waals surface area contributed by atoms with Crippen molar-refractivity contribution in [3.05, 3.63) is 0 Å². The molecule has 0 N–H and O–H groups in total. The number of rotatable bonds is 2. The zero-order valence-corrected chi connectivity index (χ0v) is 7.42. The van der Waals surface area contributed by atoms with Crippen LogP contribution < -0.4 is 0 Å². The highest BCUT2D eigenvalue weighted by Crippen LogP contribution is 2.42. The molecule has 0 aromatic carbocycles. The van der Waals surface area contributed by atoms with Crippen LogP contribution in [0.3, 0.4) is 0 Å². The first kappa shape index (κ1) is 8.24. The van der Waals surface area contributed by atoms with E-state index < -0.39 is 0 Å². The maximum absolute atomic E-state index is 10.9. The predicted octanol–water partition coefficient (Wildman–Crippen LogP) is 1.78. The van der Waals surface area contributed by atoms with Gasteiger partial charge in [0.05, 0.1) is 18.6 Å². The molecule has 0 aromatic rings. The van der Waals surface area contributed by atoms with Crippen LogP contribution in [0, 0.1) is 11.3 Å². The summed E-state index contributed by atoms with van der Waals surface area (Å²) in [5.74, 6) is 0.623. The minimum absolute atomic E-state index is 0.0690. The zero-order chi connectivity index (χ0) is 8.44. The molecular weight excluding hydrogens is 152 g/mol. The maximum Gasteiger partial charge on any atom is 0.131 e. The summed E-state index contributed by atoms with van der Waals surface area (Å²) in [6.07, 6.45) is 7.59. The van der Waals surface area contributed by atoms with Gasteiger partial charge >= 0.3 is 0 Å². The van der Waals surface area contributed by atoms with E-state index in [-0.39, 0.29) is 5.41 Å². The molecule has 12 heavy (non-hydrogen) atoms. The Balaban J connectivity index is 1.99. The Morgan fingerprint density at radius 3 is 2.25 bits per heavy atom. The monoisotopic (exact) mass is 168 g/mol. The van der Waals surface area contributed by atoms with Gasteiger partial charge in [-0.25, -0.2) is 0 Å². The molecule has 0 spiro atoms. The van der Waals surface area contributed by atoms with E-state index in [1.807, 2.05) is 0 Å². The van der Waals surface area contributed by atoms with Crippen LogP contribution in [0.5, 0.6) is 0 Å². The molecule has 2 aliphatic rings. The second-order valence-electron chi connectivity index (χ2n) is 4.18. The summed E-state index contributed by atoms with van der Waals surface area (Å²) in [4.78, 5) is 10.9. The van der Waals surface area contributed by atoms with E-state index in [0.29, 0.717) is 19.1 Å². The SMILES string of the molecule is O=CC1(C2CCCCC2)COC1. The second kappa shape index (κ2) is 3.17. The Kier molecular flexibility index (Phi) is 2.18. The van der Waals surface area contributed by atoms with Crippen LogP contribution in [0.15, 0.2) is 0 Å². The number of carbonyl (C=O) groups excluding carboxylic acids is 1. The summed E-state index contributed by atoms with van der Waals surface area (Å²) in [7, 11) is 0. The standard InChI is InChI=1S/C10H16O2/c11-6-10(7-12-8-10)9-4-2-1-3-5-9/h6,9H,1-5,7-8H2. The van der Waals surface area contributed by atoms with Crippen LogP contribution in [0.1, 0.15) is 32.1 Å². The molecule has 0 radical (unpaired) electrons. The lowest BCUT2D eigenvalue weighted by Crippen LogP contribution is -2.50. The summed E-state index contributed by atoms with van der Waals surface area (Å²) in [5, 5.41) is 0. The number of hydrogen-bond acceptors (Lipinski definition) is 2. The largest absolute Gasteiger partial charge is 0.379 e. The third-order valence-corrected chi connectivity index (χ3v) is 3.39. The van der Waals surface area contributed by atoms with Gasteiger partial charge in [-0.3, -0.25) is 0 Å². The van der Waals surface area contributed by atoms with E-state index in [4.69, 9.17) is 4.74 Å². The van der Waals surface area contributed by atoms with Gasteiger partial charge in [-0.2, -0.15) is 0 Å². The quantitative estimate of drug-likeness (QED) is 0.587. The van der Waals surface area contributed by atoms with Crippen LogP contribution in [0.25, 0.3) is 0 Å². The van der Waals surface area contributed by atoms with Gasteiger partial charge in [-0.1, -0.05) is 19.3 Å². The highest BCUT2D eigenvalue weighted by molar-refractivity contribution is 5.61. The molecule has 2 heteroatoms. The van der Waals surface area contributed by atoms with E-state index in [1.165, 1.54) is 32.1 Å². The first-order valence-electron chi connectivity index (χ1n) is 4.91. The van der Waals surface area contributed by atoms with Crippen LogP contribution in [0.4, 0.5) is 0 Å². The van der Waals surface area contributed by atoms with Gasteiger partial charge in [0.1, 0.15) is 6.29 Å². The van der Waals surface area contributed by atoms with Crippen molar-refractivity contribution in [2.24, 2.45) is 11.3 Å². The summed E-state index contributed by atoms with van der Waals surface area (Å²) >= 11 is 0. The third-order valence-electron chi connectivity index (χ3n) is 3.39. The summed E-state index contributed by atoms with van der Waals surface area (Å²) in [6, 6.07) is 0. The summed E-state index contributed by atoms with van der Waals surface area (Å²) in [6.45, 7) is 1.36. The fourth-order valence-electron chi connectivity index (χ4n) is 2.42. The predicted molar refractivity (Wildman–Crippen MR) is 45.9 cm³/mol. The maximum atomic E-state index is 10.9. The van der Waals surface area contributed by atoms with E-state index in [0.717, 1.165) is 6.29 Å². The molecule has 2 fully saturated rings. The fourth-order valence-corrected chi connectivity index (χ4v) is 2.42. The van der Waals surface area contributed by atoms with Gasteiger partial charge in [0.15, 0.2) is 0 Å². The Morgan fingerprint density at radius 1 is 1.17 bits per heavy atom. The lowest BCUT2D eigenvalue weighted by molar-refractivity contribution is -0.163. The normalized spacial score (nSPS) is 29.3. The first-order valence-corrected chi connectivity index (χ1v) is 4.91. The van der Waals surface area contributed by atoms with E-state index >= 15 is 0 Å². The molecule has 1 heterocycles. The second-order valence-corrected chi connectivity index (χ2v) is 4.18. The molecule has 1 saturated heterocycles. The molecule has 1 aliphatic carbocycles. The van der Waals surface area contributed by atoms with E-state index in [9.17, 15) is 4.79 Å². The van der Waals surface area contributed by atoms with Gasteiger partial charge in [0.25, 0.3) is 0 Å². The summed E-state index contributed by atoms with van der Waals surface area (Å²) in [5.41, 5.74) is -0.0690. The van der Waals surface area contributed by atoms with Crippen molar-refractivity contribution >= 4 is 6.29 Å². The molecule has 0 aromatic heterocycles. The van der Waals surface area contributed by atoms with Crippen molar-refractivity contribution in [1.29, 1.82) is 0 Å². The lowest BCUT2D eigenvalue weighted by atomic mass is 9.68. The van der Waals surface area contributed by atoms with Crippen molar-refractivity contribution in [3.8, 4) is 0 Å². The van der Waals surface area contributed by atoms with Gasteiger partial charge in [0.2, 0.25) is 0 Å². The highest BCUT2D eigenvalue weighted by atomic mass is 16.5. The van der Waals surface area contributed by atoms with Crippen LogP contribution in [-0.2, 0) is 9.53 Å². The van der Waals surface area contributed by atoms with Gasteiger partial charge < -0.3 is 9.53 Å². The third kappa shape index (κ3) is 1.18. The van der Waals surface area contributed by atoms with Crippen molar-refractivity contribution < 1.29 is 9.53 Å². The van der Waals surface area contributed by atoms with Crippen LogP contribution in [0.2, 0.25) is 0 Å². The van der Waals surface area contributed by atoms with Crippen molar-refractivity contribution in [2.45, 2.75) is 32.1 Å². The number of aldehydes is 1. The molecule has 0 amide bonds. The highest BCUT2D eigenvalue weighted by Gasteiger charge is 2.45. The Bertz CT molecular complexity index is 167. The molecular formula is C10H16O2. The van der Waals surface area contributed by atoms with E-state index in [1.54, 1.807) is 0 Å². The van der Waals surface area contributed by atoms with Gasteiger partial charge in [-0.15, -0.1) is 0 Å². The van der Waals surface area contributed by atoms with Crippen LogP contribution in [-0.4, -0.2) is 19.5 Å². The average Bonchev–Trinajstić information content (AvgIpc) is 2.05. The van der Waals surface area contributed by atoms with Crippen molar-refractivity contribution in [3.63, 3.8) is 0 Å². The lowest BCUT2D eigenvalue weighted by Gasteiger charge is -2.44. The molecule has 1 aliphatic heterocycles. The number of ether oxygens (including phenoxy) is 1. The molecule has 2 rings (SSSR count). The van der Waals surface area contributed by atoms with Gasteiger partial charge in [0, 0.05) is 0 Å². The Morgan fingerprint density at radius 2 is 1.83 bits per heavy atom. The van der Waals surface area contributed by atoms with Crippen molar-refractivity contribution in [1.82, 2.24) is 0 Å². The zero-order valence-electron chi connectivity index (χ0n) is 7.42. The topological polar surface area (TPSA) is 26.3 Å². The Labute approximate surface area is 73.3 Å². The molecule has 68 valence electrons. The molecule has 0 atom stereocenters. The molecule has 0 unspecified atom stereocenters. The van der Waals surface area contributed by atoms with Crippen LogP contribution >= 0.6 is 0 Å².